The van der Waals surface area contributed by atoms with E-state index in [0.717, 1.165) is 16.1 Å². The predicted octanol–water partition coefficient (Wildman–Crippen LogP) is 4.10. The molecule has 0 N–H and O–H groups in total. The van der Waals surface area contributed by atoms with Crippen LogP contribution in [0, 0.1) is 10.1 Å². The zero-order valence-corrected chi connectivity index (χ0v) is 16.7. The average Bonchev–Trinajstić information content (AvgIpc) is 3.03. The van der Waals surface area contributed by atoms with Gasteiger partial charge in [-0.05, 0) is 35.9 Å². The maximum absolute atomic E-state index is 13.4. The number of amides is 3. The van der Waals surface area contributed by atoms with Gasteiger partial charge in [0.1, 0.15) is 0 Å². The number of hydrogen-bond acceptors (Lipinski definition) is 5. The molecule has 0 atom stereocenters. The molecule has 1 aliphatic heterocycles. The smallest absolute Gasteiger partial charge is 0.267 e. The number of hydrogen-bond donors (Lipinski definition) is 0. The van der Waals surface area contributed by atoms with Crippen LogP contribution in [0.2, 0.25) is 5.02 Å². The van der Waals surface area contributed by atoms with E-state index in [1.54, 1.807) is 36.4 Å². The Hall–Kier alpha value is -4.04. The summed E-state index contributed by atoms with van der Waals surface area (Å²) in [5.41, 5.74) is 0.667. The fourth-order valence-corrected chi connectivity index (χ4v) is 3.42. The molecule has 0 saturated heterocycles. The molecular formula is C22H14ClN3O5. The van der Waals surface area contributed by atoms with Crippen LogP contribution in [0.5, 0.6) is 0 Å². The number of rotatable bonds is 5. The zero-order chi connectivity index (χ0) is 22.1. The molecule has 3 aromatic carbocycles. The number of carbonyl (C=O) groups is 3. The van der Waals surface area contributed by atoms with Gasteiger partial charge >= 0.3 is 0 Å². The Balaban J connectivity index is 1.77. The number of benzene rings is 3. The van der Waals surface area contributed by atoms with E-state index in [0.29, 0.717) is 10.6 Å². The molecule has 0 saturated carbocycles. The summed E-state index contributed by atoms with van der Waals surface area (Å²) in [6.45, 7) is -0.121. The van der Waals surface area contributed by atoms with Crippen LogP contribution >= 0.6 is 11.6 Å². The summed E-state index contributed by atoms with van der Waals surface area (Å²) in [5, 5.41) is 13.4. The van der Waals surface area contributed by atoms with Gasteiger partial charge in [0, 0.05) is 22.7 Å². The predicted molar refractivity (Wildman–Crippen MR) is 111 cm³/mol. The van der Waals surface area contributed by atoms with Gasteiger partial charge in [0.15, 0.2) is 0 Å². The van der Waals surface area contributed by atoms with Crippen LogP contribution in [-0.2, 0) is 6.54 Å². The maximum atomic E-state index is 13.4. The normalized spacial score (nSPS) is 12.6. The first-order chi connectivity index (χ1) is 14.9. The number of halogens is 1. The number of fused-ring (bicyclic) bond motifs is 1. The van der Waals surface area contributed by atoms with Crippen molar-refractivity contribution in [3.63, 3.8) is 0 Å². The van der Waals surface area contributed by atoms with E-state index in [4.69, 9.17) is 11.6 Å². The van der Waals surface area contributed by atoms with Crippen molar-refractivity contribution in [2.45, 2.75) is 6.54 Å². The van der Waals surface area contributed by atoms with E-state index in [9.17, 15) is 24.5 Å². The van der Waals surface area contributed by atoms with Gasteiger partial charge in [-0.1, -0.05) is 41.9 Å². The fraction of sp³-hybridized carbons (Fsp3) is 0.0455. The highest BCUT2D eigenvalue weighted by molar-refractivity contribution is 6.30. The Morgan fingerprint density at radius 2 is 1.55 bits per heavy atom. The van der Waals surface area contributed by atoms with Crippen molar-refractivity contribution >= 4 is 35.0 Å². The molecule has 0 fully saturated rings. The first-order valence-corrected chi connectivity index (χ1v) is 9.53. The molecule has 8 nitrogen and oxygen atoms in total. The molecule has 31 heavy (non-hydrogen) atoms. The molecule has 9 heteroatoms. The van der Waals surface area contributed by atoms with E-state index >= 15 is 0 Å². The number of hydrazine groups is 1. The minimum Gasteiger partial charge on any atom is -0.267 e. The lowest BCUT2D eigenvalue weighted by molar-refractivity contribution is -0.384. The van der Waals surface area contributed by atoms with E-state index in [2.05, 4.69) is 0 Å². The number of carbonyl (C=O) groups excluding carboxylic acids is 3. The molecular weight excluding hydrogens is 422 g/mol. The van der Waals surface area contributed by atoms with Crippen LogP contribution in [0.4, 0.5) is 5.69 Å². The second-order valence-corrected chi connectivity index (χ2v) is 7.20. The Morgan fingerprint density at radius 3 is 2.13 bits per heavy atom. The summed E-state index contributed by atoms with van der Waals surface area (Å²) in [7, 11) is 0. The van der Waals surface area contributed by atoms with E-state index in [-0.39, 0.29) is 28.9 Å². The van der Waals surface area contributed by atoms with Crippen molar-refractivity contribution in [3.05, 3.63) is 110 Å². The van der Waals surface area contributed by atoms with Crippen LogP contribution in [-0.4, -0.2) is 32.7 Å². The summed E-state index contributed by atoms with van der Waals surface area (Å²) in [6.07, 6.45) is 0. The van der Waals surface area contributed by atoms with Crippen LogP contribution in [0.15, 0.2) is 72.8 Å². The van der Waals surface area contributed by atoms with Gasteiger partial charge in [-0.3, -0.25) is 24.5 Å². The molecule has 0 aromatic heterocycles. The van der Waals surface area contributed by atoms with Crippen molar-refractivity contribution < 1.29 is 19.3 Å². The Kier molecular flexibility index (Phi) is 5.22. The minimum absolute atomic E-state index is 0.0280. The molecule has 1 heterocycles. The van der Waals surface area contributed by atoms with Crippen molar-refractivity contribution in [2.75, 3.05) is 0 Å². The summed E-state index contributed by atoms with van der Waals surface area (Å²) < 4.78 is 0. The lowest BCUT2D eigenvalue weighted by Crippen LogP contribution is -2.49. The maximum Gasteiger partial charge on any atom is 0.280 e. The molecule has 0 aliphatic carbocycles. The highest BCUT2D eigenvalue weighted by atomic mass is 35.5. The molecule has 0 bridgehead atoms. The molecule has 0 unspecified atom stereocenters. The lowest BCUT2D eigenvalue weighted by atomic mass is 10.1. The Morgan fingerprint density at radius 1 is 0.935 bits per heavy atom. The van der Waals surface area contributed by atoms with Crippen LogP contribution in [0.1, 0.15) is 36.6 Å². The summed E-state index contributed by atoms with van der Waals surface area (Å²) in [5.74, 6) is -2.02. The van der Waals surface area contributed by atoms with Crippen LogP contribution in [0.25, 0.3) is 0 Å². The molecule has 0 radical (unpaired) electrons. The third-order valence-corrected chi connectivity index (χ3v) is 5.05. The van der Waals surface area contributed by atoms with Gasteiger partial charge < -0.3 is 0 Å². The largest absolute Gasteiger partial charge is 0.280 e. The van der Waals surface area contributed by atoms with E-state index in [1.807, 2.05) is 0 Å². The van der Waals surface area contributed by atoms with Crippen molar-refractivity contribution in [1.29, 1.82) is 0 Å². The third kappa shape index (κ3) is 3.76. The van der Waals surface area contributed by atoms with Crippen molar-refractivity contribution in [2.24, 2.45) is 0 Å². The SMILES string of the molecule is O=C(c1cccc([N+](=O)[O-])c1)N(Cc1ccc(Cl)cc1)N1C(=O)c2ccccc2C1=O. The van der Waals surface area contributed by atoms with Gasteiger partial charge in [-0.15, -0.1) is 0 Å². The van der Waals surface area contributed by atoms with E-state index in [1.165, 1.54) is 30.3 Å². The van der Waals surface area contributed by atoms with Crippen LogP contribution in [0.3, 0.4) is 0 Å². The Labute approximate surface area is 181 Å². The highest BCUT2D eigenvalue weighted by Gasteiger charge is 2.41. The number of nitro groups is 1. The summed E-state index contributed by atoms with van der Waals surface area (Å²) in [6, 6.07) is 17.9. The number of non-ortho nitro benzene ring substituents is 1. The number of nitro benzene ring substituents is 1. The minimum atomic E-state index is -0.729. The topological polar surface area (TPSA) is 101 Å². The average molecular weight is 436 g/mol. The molecule has 3 amide bonds. The first-order valence-electron chi connectivity index (χ1n) is 9.15. The standard InChI is InChI=1S/C22H14ClN3O5/c23-16-10-8-14(9-11-16)13-24(20(27)15-4-3-5-17(12-15)26(30)31)25-21(28)18-6-1-2-7-19(18)22(25)29/h1-12H,13H2. The van der Waals surface area contributed by atoms with E-state index < -0.39 is 22.6 Å². The fourth-order valence-electron chi connectivity index (χ4n) is 3.29. The number of nitrogens with zero attached hydrogens (tertiary/aromatic N) is 3. The first kappa shape index (κ1) is 20.2. The quantitative estimate of drug-likeness (QED) is 0.341. The second-order valence-electron chi connectivity index (χ2n) is 6.76. The molecule has 4 rings (SSSR count). The second kappa shape index (κ2) is 8.00. The van der Waals surface area contributed by atoms with Gasteiger partial charge in [-0.25, -0.2) is 5.01 Å². The van der Waals surface area contributed by atoms with Gasteiger partial charge in [-0.2, -0.15) is 5.01 Å². The van der Waals surface area contributed by atoms with Gasteiger partial charge in [0.2, 0.25) is 0 Å². The summed E-state index contributed by atoms with van der Waals surface area (Å²) in [4.78, 5) is 49.8. The van der Waals surface area contributed by atoms with Crippen molar-refractivity contribution in [3.8, 4) is 0 Å². The van der Waals surface area contributed by atoms with Crippen LogP contribution < -0.4 is 0 Å². The monoisotopic (exact) mass is 435 g/mol. The highest BCUT2D eigenvalue weighted by Crippen LogP contribution is 2.27. The Bertz CT molecular complexity index is 1190. The van der Waals surface area contributed by atoms with Gasteiger partial charge in [0.05, 0.1) is 22.6 Å². The molecule has 1 aliphatic rings. The molecule has 3 aromatic rings. The lowest BCUT2D eigenvalue weighted by Gasteiger charge is -2.30. The summed E-state index contributed by atoms with van der Waals surface area (Å²) >= 11 is 5.93. The molecule has 0 spiro atoms. The van der Waals surface area contributed by atoms with Gasteiger partial charge in [0.25, 0.3) is 23.4 Å². The third-order valence-electron chi connectivity index (χ3n) is 4.80. The zero-order valence-electron chi connectivity index (χ0n) is 15.9. The van der Waals surface area contributed by atoms with Crippen molar-refractivity contribution in [1.82, 2.24) is 10.0 Å². The number of imide groups is 1. The molecule has 154 valence electrons.